The smallest absolute Gasteiger partial charge is 0.243 e. The molecule has 1 rings (SSSR count). The molecule has 0 aliphatic carbocycles. The Morgan fingerprint density at radius 2 is 1.67 bits per heavy atom. The zero-order valence-corrected chi connectivity index (χ0v) is 7.84. The molecule has 0 bridgehead atoms. The van der Waals surface area contributed by atoms with Crippen LogP contribution in [-0.4, -0.2) is 0 Å². The first-order valence-corrected chi connectivity index (χ1v) is 4.98. The molecule has 2 nitrogen and oxygen atoms in total. The Hall–Kier alpha value is -0.660. The molecule has 1 saturated heterocycles. The molecule has 0 aromatic heterocycles. The third-order valence-electron chi connectivity index (χ3n) is 2.05. The van der Waals surface area contributed by atoms with Gasteiger partial charge in [0.1, 0.15) is 0 Å². The SMILES string of the molecule is CCCCCCCCC=C1OO1. The average molecular weight is 170 g/mol. The van der Waals surface area contributed by atoms with Crippen LogP contribution in [0.5, 0.6) is 0 Å². The molecular weight excluding hydrogens is 152 g/mol. The molecule has 0 radical (unpaired) electrons. The molecule has 1 aliphatic rings. The van der Waals surface area contributed by atoms with Gasteiger partial charge in [-0.3, -0.25) is 0 Å². The van der Waals surface area contributed by atoms with Crippen LogP contribution in [0.25, 0.3) is 0 Å². The second kappa shape index (κ2) is 5.92. The van der Waals surface area contributed by atoms with Crippen molar-refractivity contribution in [2.75, 3.05) is 0 Å². The van der Waals surface area contributed by atoms with Gasteiger partial charge in [0.15, 0.2) is 0 Å². The summed E-state index contributed by atoms with van der Waals surface area (Å²) in [5.74, 6) is 0.712. The first-order valence-electron chi connectivity index (χ1n) is 4.98. The van der Waals surface area contributed by atoms with E-state index in [1.54, 1.807) is 0 Å². The fourth-order valence-electron chi connectivity index (χ4n) is 1.24. The Kier molecular flexibility index (Phi) is 4.65. The largest absolute Gasteiger partial charge is 0.375 e. The van der Waals surface area contributed by atoms with E-state index in [1.165, 1.54) is 38.5 Å². The van der Waals surface area contributed by atoms with Crippen molar-refractivity contribution in [1.29, 1.82) is 0 Å². The second-order valence-corrected chi connectivity index (χ2v) is 3.25. The van der Waals surface area contributed by atoms with E-state index in [1.807, 2.05) is 6.08 Å². The van der Waals surface area contributed by atoms with E-state index in [-0.39, 0.29) is 0 Å². The van der Waals surface area contributed by atoms with Crippen LogP contribution in [-0.2, 0) is 9.78 Å². The Balaban J connectivity index is 1.73. The second-order valence-electron chi connectivity index (χ2n) is 3.25. The number of allylic oxidation sites excluding steroid dienone is 1. The Morgan fingerprint density at radius 3 is 2.33 bits per heavy atom. The maximum Gasteiger partial charge on any atom is 0.375 e. The predicted molar refractivity (Wildman–Crippen MR) is 48.2 cm³/mol. The van der Waals surface area contributed by atoms with Crippen molar-refractivity contribution in [2.45, 2.75) is 51.9 Å². The summed E-state index contributed by atoms with van der Waals surface area (Å²) in [7, 11) is 0. The van der Waals surface area contributed by atoms with Crippen molar-refractivity contribution in [3.63, 3.8) is 0 Å². The lowest BCUT2D eigenvalue weighted by atomic mass is 10.1. The van der Waals surface area contributed by atoms with E-state index in [0.29, 0.717) is 5.95 Å². The molecule has 0 N–H and O–H groups in total. The summed E-state index contributed by atoms with van der Waals surface area (Å²) in [6, 6.07) is 0. The van der Waals surface area contributed by atoms with Gasteiger partial charge in [0.05, 0.1) is 0 Å². The maximum absolute atomic E-state index is 4.51. The van der Waals surface area contributed by atoms with Gasteiger partial charge in [-0.15, -0.1) is 0 Å². The van der Waals surface area contributed by atoms with Crippen LogP contribution in [0, 0.1) is 0 Å². The number of hydrogen-bond donors (Lipinski definition) is 0. The molecule has 0 spiro atoms. The van der Waals surface area contributed by atoms with Crippen molar-refractivity contribution in [3.8, 4) is 0 Å². The predicted octanol–water partition coefficient (Wildman–Crippen LogP) is 3.54. The molecule has 1 fully saturated rings. The van der Waals surface area contributed by atoms with Gasteiger partial charge in [0.25, 0.3) is 0 Å². The zero-order chi connectivity index (χ0) is 8.65. The maximum atomic E-state index is 4.51. The van der Waals surface area contributed by atoms with Gasteiger partial charge in [-0.05, 0) is 12.8 Å². The van der Waals surface area contributed by atoms with Gasteiger partial charge in [0, 0.05) is 6.08 Å². The van der Waals surface area contributed by atoms with Crippen LogP contribution in [0.1, 0.15) is 51.9 Å². The van der Waals surface area contributed by atoms with Crippen LogP contribution in [0.2, 0.25) is 0 Å². The van der Waals surface area contributed by atoms with Gasteiger partial charge in [0.2, 0.25) is 0 Å². The molecule has 0 aromatic rings. The number of unbranched alkanes of at least 4 members (excludes halogenated alkanes) is 6. The van der Waals surface area contributed by atoms with Crippen molar-refractivity contribution >= 4 is 0 Å². The molecule has 0 unspecified atom stereocenters. The fraction of sp³-hybridized carbons (Fsp3) is 0.800. The normalized spacial score (nSPS) is 13.6. The lowest BCUT2D eigenvalue weighted by molar-refractivity contribution is 0.0850. The first-order chi connectivity index (χ1) is 5.93. The summed E-state index contributed by atoms with van der Waals surface area (Å²) in [5.41, 5.74) is 0. The van der Waals surface area contributed by atoms with Crippen LogP contribution in [0.4, 0.5) is 0 Å². The van der Waals surface area contributed by atoms with Crippen molar-refractivity contribution in [3.05, 3.63) is 12.0 Å². The van der Waals surface area contributed by atoms with Crippen molar-refractivity contribution in [2.24, 2.45) is 0 Å². The third-order valence-corrected chi connectivity index (χ3v) is 2.05. The summed E-state index contributed by atoms with van der Waals surface area (Å²) in [6.45, 7) is 2.24. The molecule has 0 aromatic carbocycles. The van der Waals surface area contributed by atoms with E-state index in [0.717, 1.165) is 6.42 Å². The highest BCUT2D eigenvalue weighted by molar-refractivity contribution is 4.86. The van der Waals surface area contributed by atoms with Crippen LogP contribution < -0.4 is 0 Å². The Bertz CT molecular complexity index is 135. The molecule has 2 heteroatoms. The lowest BCUT2D eigenvalue weighted by Gasteiger charge is -1.96. The molecule has 0 saturated carbocycles. The molecule has 70 valence electrons. The quantitative estimate of drug-likeness (QED) is 0.331. The molecule has 1 heterocycles. The molecule has 0 atom stereocenters. The van der Waals surface area contributed by atoms with E-state index in [2.05, 4.69) is 16.7 Å². The number of hydrogen-bond acceptors (Lipinski definition) is 2. The van der Waals surface area contributed by atoms with E-state index in [9.17, 15) is 0 Å². The highest BCUT2D eigenvalue weighted by Gasteiger charge is 2.15. The molecule has 12 heavy (non-hydrogen) atoms. The van der Waals surface area contributed by atoms with Crippen LogP contribution in [0.3, 0.4) is 0 Å². The van der Waals surface area contributed by atoms with E-state index < -0.39 is 0 Å². The van der Waals surface area contributed by atoms with Crippen molar-refractivity contribution in [1.82, 2.24) is 0 Å². The van der Waals surface area contributed by atoms with Gasteiger partial charge < -0.3 is 0 Å². The highest BCUT2D eigenvalue weighted by atomic mass is 17.4. The molecule has 0 amide bonds. The Labute approximate surface area is 74.5 Å². The minimum atomic E-state index is 0.712. The van der Waals surface area contributed by atoms with Gasteiger partial charge in [-0.2, -0.15) is 0 Å². The molecular formula is C10H18O2. The minimum absolute atomic E-state index is 0.712. The standard InChI is InChI=1S/C10H18O2/c1-2-3-4-5-6-7-8-9-10-11-12-10/h9H,2-8H2,1H3. The average Bonchev–Trinajstić information content (AvgIpc) is 2.87. The molecule has 1 aliphatic heterocycles. The van der Waals surface area contributed by atoms with Gasteiger partial charge >= 0.3 is 5.95 Å². The van der Waals surface area contributed by atoms with Crippen molar-refractivity contribution < 1.29 is 9.78 Å². The summed E-state index contributed by atoms with van der Waals surface area (Å²) in [5, 5.41) is 0. The van der Waals surface area contributed by atoms with E-state index >= 15 is 0 Å². The highest BCUT2D eigenvalue weighted by Crippen LogP contribution is 2.18. The lowest BCUT2D eigenvalue weighted by Crippen LogP contribution is -1.77. The van der Waals surface area contributed by atoms with Crippen LogP contribution in [0.15, 0.2) is 12.0 Å². The minimum Gasteiger partial charge on any atom is -0.243 e. The Morgan fingerprint density at radius 1 is 1.00 bits per heavy atom. The van der Waals surface area contributed by atoms with E-state index in [4.69, 9.17) is 0 Å². The summed E-state index contributed by atoms with van der Waals surface area (Å²) in [4.78, 5) is 9.03. The summed E-state index contributed by atoms with van der Waals surface area (Å²) in [6.07, 6.45) is 11.2. The van der Waals surface area contributed by atoms with Gasteiger partial charge in [-0.1, -0.05) is 39.0 Å². The summed E-state index contributed by atoms with van der Waals surface area (Å²) >= 11 is 0. The van der Waals surface area contributed by atoms with Gasteiger partial charge in [-0.25, -0.2) is 9.78 Å². The van der Waals surface area contributed by atoms with Crippen LogP contribution >= 0.6 is 0 Å². The third kappa shape index (κ3) is 5.05. The monoisotopic (exact) mass is 170 g/mol. The first kappa shape index (κ1) is 9.43. The summed E-state index contributed by atoms with van der Waals surface area (Å²) < 4.78 is 0. The fourth-order valence-corrected chi connectivity index (χ4v) is 1.24. The topological polar surface area (TPSA) is 25.1 Å². The zero-order valence-electron chi connectivity index (χ0n) is 7.84. The number of rotatable bonds is 7.